The standard InChI is InChI=1S/C18H18F6NO2/c1-9(2)11-6-5-7-12(10(3)4)14(11)25-8-13(15(26)17(19,20)21)16(27)18(22,23)24/h5-10H,1-4H3. The van der Waals surface area contributed by atoms with E-state index in [0.717, 1.165) is 0 Å². The Hall–Kier alpha value is -2.32. The molecule has 27 heavy (non-hydrogen) atoms. The topological polar surface area (TPSA) is 48.2 Å². The summed E-state index contributed by atoms with van der Waals surface area (Å²) in [6.45, 7) is 7.07. The van der Waals surface area contributed by atoms with Gasteiger partial charge in [0.05, 0.1) is 11.3 Å². The molecule has 1 aromatic carbocycles. The van der Waals surface area contributed by atoms with Crippen LogP contribution in [-0.4, -0.2) is 23.9 Å². The lowest BCUT2D eigenvalue weighted by Gasteiger charge is -2.18. The first-order chi connectivity index (χ1) is 12.2. The van der Waals surface area contributed by atoms with Crippen LogP contribution in [0.5, 0.6) is 0 Å². The van der Waals surface area contributed by atoms with Crippen molar-refractivity contribution in [2.75, 3.05) is 0 Å². The number of Topliss-reactive ketones (excluding diaryl/α,β-unsaturated/α-hetero) is 2. The molecule has 0 heterocycles. The summed E-state index contributed by atoms with van der Waals surface area (Å²) in [5, 5.41) is 3.71. The number of benzene rings is 1. The Kier molecular flexibility index (Phi) is 6.85. The normalized spacial score (nSPS) is 12.3. The van der Waals surface area contributed by atoms with Crippen LogP contribution in [0.25, 0.3) is 0 Å². The highest BCUT2D eigenvalue weighted by molar-refractivity contribution is 6.23. The van der Waals surface area contributed by atoms with E-state index >= 15 is 0 Å². The van der Waals surface area contributed by atoms with Crippen molar-refractivity contribution in [3.63, 3.8) is 0 Å². The average Bonchev–Trinajstić information content (AvgIpc) is 2.52. The van der Waals surface area contributed by atoms with Gasteiger partial charge in [0.1, 0.15) is 0 Å². The molecule has 0 unspecified atom stereocenters. The second-order valence-corrected chi connectivity index (χ2v) is 6.42. The molecular weight excluding hydrogens is 376 g/mol. The van der Waals surface area contributed by atoms with Gasteiger partial charge >= 0.3 is 12.4 Å². The van der Waals surface area contributed by atoms with Crippen molar-refractivity contribution in [3.05, 3.63) is 41.1 Å². The van der Waals surface area contributed by atoms with E-state index in [-0.39, 0.29) is 23.7 Å². The van der Waals surface area contributed by atoms with Crippen molar-refractivity contribution in [1.29, 1.82) is 0 Å². The van der Waals surface area contributed by atoms with Gasteiger partial charge in [0, 0.05) is 6.20 Å². The second-order valence-electron chi connectivity index (χ2n) is 6.42. The SMILES string of the molecule is CC(C)c1cccc(C(C)C)c1[N]C=C(C(=O)C(F)(F)F)C(=O)C(F)(F)F. The number of ketones is 2. The number of hydrogen-bond donors (Lipinski definition) is 0. The van der Waals surface area contributed by atoms with Crippen LogP contribution in [0, 0.1) is 0 Å². The number of rotatable bonds is 6. The summed E-state index contributed by atoms with van der Waals surface area (Å²) < 4.78 is 75.8. The minimum absolute atomic E-state index is 0.0682. The highest BCUT2D eigenvalue weighted by atomic mass is 19.4. The largest absolute Gasteiger partial charge is 0.455 e. The average molecular weight is 394 g/mol. The summed E-state index contributed by atoms with van der Waals surface area (Å²) in [5.41, 5.74) is -0.792. The monoisotopic (exact) mass is 394 g/mol. The molecule has 0 fully saturated rings. The maximum atomic E-state index is 12.6. The molecule has 0 N–H and O–H groups in total. The maximum absolute atomic E-state index is 12.6. The molecule has 0 spiro atoms. The van der Waals surface area contributed by atoms with Crippen LogP contribution >= 0.6 is 0 Å². The Bertz CT molecular complexity index is 691. The summed E-state index contributed by atoms with van der Waals surface area (Å²) in [7, 11) is 0. The van der Waals surface area contributed by atoms with Gasteiger partial charge in [-0.2, -0.15) is 26.3 Å². The zero-order valence-electron chi connectivity index (χ0n) is 15.0. The van der Waals surface area contributed by atoms with Crippen molar-refractivity contribution >= 4 is 17.3 Å². The maximum Gasteiger partial charge on any atom is 0.455 e. The fourth-order valence-electron chi connectivity index (χ4n) is 2.32. The molecule has 0 aliphatic carbocycles. The molecule has 1 aromatic rings. The molecule has 1 rings (SSSR count). The zero-order chi connectivity index (χ0) is 21.2. The van der Waals surface area contributed by atoms with E-state index in [2.05, 4.69) is 5.32 Å². The molecule has 0 bridgehead atoms. The van der Waals surface area contributed by atoms with Gasteiger partial charge in [0.15, 0.2) is 0 Å². The summed E-state index contributed by atoms with van der Waals surface area (Å²) in [6, 6.07) is 4.94. The number of para-hydroxylation sites is 1. The molecule has 0 atom stereocenters. The second kappa shape index (κ2) is 8.14. The van der Waals surface area contributed by atoms with Gasteiger partial charge in [0.2, 0.25) is 0 Å². The van der Waals surface area contributed by atoms with Gasteiger partial charge < -0.3 is 0 Å². The third kappa shape index (κ3) is 5.58. The number of carbonyl (C=O) groups excluding carboxylic acids is 2. The smallest absolute Gasteiger partial charge is 0.284 e. The van der Waals surface area contributed by atoms with Crippen molar-refractivity contribution in [3.8, 4) is 0 Å². The van der Waals surface area contributed by atoms with Crippen LogP contribution in [0.2, 0.25) is 0 Å². The quantitative estimate of drug-likeness (QED) is 0.284. The number of halogens is 6. The lowest BCUT2D eigenvalue weighted by molar-refractivity contribution is -0.175. The van der Waals surface area contributed by atoms with Crippen LogP contribution in [0.4, 0.5) is 32.0 Å². The third-order valence-electron chi connectivity index (χ3n) is 3.67. The molecule has 1 radical (unpaired) electrons. The first-order valence-electron chi connectivity index (χ1n) is 7.94. The molecular formula is C18H18F6NO2. The summed E-state index contributed by atoms with van der Waals surface area (Å²) >= 11 is 0. The Labute approximate surface area is 152 Å². The lowest BCUT2D eigenvalue weighted by atomic mass is 9.92. The number of allylic oxidation sites excluding steroid dienone is 1. The van der Waals surface area contributed by atoms with E-state index in [9.17, 15) is 35.9 Å². The van der Waals surface area contributed by atoms with Crippen molar-refractivity contribution in [2.45, 2.75) is 51.9 Å². The van der Waals surface area contributed by atoms with E-state index in [1.54, 1.807) is 45.9 Å². The number of carbonyl (C=O) groups is 2. The van der Waals surface area contributed by atoms with E-state index in [4.69, 9.17) is 0 Å². The molecule has 0 saturated carbocycles. The minimum atomic E-state index is -5.64. The summed E-state index contributed by atoms with van der Waals surface area (Å²) in [6.07, 6.45) is -11.2. The van der Waals surface area contributed by atoms with E-state index in [1.807, 2.05) is 0 Å². The third-order valence-corrected chi connectivity index (χ3v) is 3.67. The Balaban J connectivity index is 3.52. The predicted molar refractivity (Wildman–Crippen MR) is 86.6 cm³/mol. The van der Waals surface area contributed by atoms with Crippen molar-refractivity contribution in [1.82, 2.24) is 5.32 Å². The number of alkyl halides is 6. The van der Waals surface area contributed by atoms with Gasteiger partial charge in [-0.05, 0) is 23.0 Å². The predicted octanol–water partition coefficient (Wildman–Crippen LogP) is 5.32. The van der Waals surface area contributed by atoms with E-state index in [0.29, 0.717) is 11.1 Å². The first-order valence-corrected chi connectivity index (χ1v) is 7.94. The highest BCUT2D eigenvalue weighted by Gasteiger charge is 2.50. The number of nitrogens with zero attached hydrogens (tertiary/aromatic N) is 1. The molecule has 0 aliphatic heterocycles. The lowest BCUT2D eigenvalue weighted by Crippen LogP contribution is -2.35. The van der Waals surface area contributed by atoms with Gasteiger partial charge in [-0.1, -0.05) is 45.9 Å². The first kappa shape index (κ1) is 22.7. The Morgan fingerprint density at radius 2 is 1.22 bits per heavy atom. The Morgan fingerprint density at radius 1 is 0.852 bits per heavy atom. The van der Waals surface area contributed by atoms with Gasteiger partial charge in [-0.15, -0.1) is 0 Å². The van der Waals surface area contributed by atoms with Gasteiger partial charge in [0.25, 0.3) is 11.6 Å². The van der Waals surface area contributed by atoms with Crippen LogP contribution in [-0.2, 0) is 9.59 Å². The van der Waals surface area contributed by atoms with E-state index in [1.165, 1.54) is 0 Å². The minimum Gasteiger partial charge on any atom is -0.284 e. The number of hydrogen-bond acceptors (Lipinski definition) is 2. The molecule has 0 aliphatic rings. The fourth-order valence-corrected chi connectivity index (χ4v) is 2.32. The molecule has 0 amide bonds. The van der Waals surface area contributed by atoms with Crippen LogP contribution in [0.1, 0.15) is 50.7 Å². The molecule has 3 nitrogen and oxygen atoms in total. The van der Waals surface area contributed by atoms with Crippen molar-refractivity contribution < 1.29 is 35.9 Å². The van der Waals surface area contributed by atoms with Gasteiger partial charge in [-0.25, -0.2) is 0 Å². The Morgan fingerprint density at radius 3 is 1.52 bits per heavy atom. The molecule has 9 heteroatoms. The molecule has 0 saturated heterocycles. The highest BCUT2D eigenvalue weighted by Crippen LogP contribution is 2.33. The van der Waals surface area contributed by atoms with Crippen LogP contribution in [0.3, 0.4) is 0 Å². The molecule has 0 aromatic heterocycles. The van der Waals surface area contributed by atoms with Crippen LogP contribution in [0.15, 0.2) is 30.0 Å². The van der Waals surface area contributed by atoms with Gasteiger partial charge in [-0.3, -0.25) is 14.9 Å². The van der Waals surface area contributed by atoms with E-state index < -0.39 is 29.5 Å². The van der Waals surface area contributed by atoms with Crippen molar-refractivity contribution in [2.24, 2.45) is 0 Å². The summed E-state index contributed by atoms with van der Waals surface area (Å²) in [5.74, 6) is -6.06. The molecule has 149 valence electrons. The fraction of sp³-hybridized carbons (Fsp3) is 0.444. The summed E-state index contributed by atoms with van der Waals surface area (Å²) in [4.78, 5) is 22.7. The zero-order valence-corrected chi connectivity index (χ0v) is 15.0. The van der Waals surface area contributed by atoms with Crippen LogP contribution < -0.4 is 5.32 Å².